The van der Waals surface area contributed by atoms with E-state index in [2.05, 4.69) is 36.1 Å². The van der Waals surface area contributed by atoms with Gasteiger partial charge in [0.2, 0.25) is 0 Å². The highest BCUT2D eigenvalue weighted by Gasteiger charge is 2.11. The number of nitrogens with one attached hydrogen (secondary N) is 1. The van der Waals surface area contributed by atoms with Gasteiger partial charge in [-0.15, -0.1) is 0 Å². The van der Waals surface area contributed by atoms with Crippen molar-refractivity contribution in [1.82, 2.24) is 9.97 Å². The van der Waals surface area contributed by atoms with Crippen molar-refractivity contribution in [2.45, 2.75) is 47.1 Å². The molecule has 0 amide bonds. The van der Waals surface area contributed by atoms with Crippen LogP contribution in [0.4, 0.5) is 5.82 Å². The summed E-state index contributed by atoms with van der Waals surface area (Å²) in [6.07, 6.45) is 1.11. The molecule has 3 heteroatoms. The van der Waals surface area contributed by atoms with Crippen molar-refractivity contribution in [3.8, 4) is 0 Å². The van der Waals surface area contributed by atoms with E-state index in [1.165, 1.54) is 0 Å². The van der Waals surface area contributed by atoms with Crippen LogP contribution in [0.1, 0.15) is 38.7 Å². The van der Waals surface area contributed by atoms with E-state index in [0.29, 0.717) is 12.0 Å². The van der Waals surface area contributed by atoms with Gasteiger partial charge in [0.05, 0.1) is 0 Å². The van der Waals surface area contributed by atoms with Crippen LogP contribution in [0.5, 0.6) is 0 Å². The Morgan fingerprint density at radius 1 is 1.27 bits per heavy atom. The van der Waals surface area contributed by atoms with E-state index in [9.17, 15) is 0 Å². The van der Waals surface area contributed by atoms with Gasteiger partial charge in [0.15, 0.2) is 0 Å². The van der Waals surface area contributed by atoms with Gasteiger partial charge in [-0.3, -0.25) is 0 Å². The highest BCUT2D eigenvalue weighted by Crippen LogP contribution is 2.13. The van der Waals surface area contributed by atoms with Crippen LogP contribution in [0.3, 0.4) is 0 Å². The average Bonchev–Trinajstić information content (AvgIpc) is 2.12. The molecule has 1 aromatic rings. The number of nitrogens with zero attached hydrogens (tertiary/aromatic N) is 2. The maximum atomic E-state index is 4.38. The molecular weight excluding hydrogens is 186 g/mol. The summed E-state index contributed by atoms with van der Waals surface area (Å²) < 4.78 is 0. The van der Waals surface area contributed by atoms with Crippen molar-refractivity contribution in [2.75, 3.05) is 5.32 Å². The van der Waals surface area contributed by atoms with E-state index >= 15 is 0 Å². The maximum Gasteiger partial charge on any atom is 0.130 e. The van der Waals surface area contributed by atoms with Crippen LogP contribution in [-0.2, 0) is 0 Å². The zero-order valence-corrected chi connectivity index (χ0v) is 10.3. The predicted molar refractivity (Wildman–Crippen MR) is 64.0 cm³/mol. The van der Waals surface area contributed by atoms with E-state index in [1.54, 1.807) is 0 Å². The zero-order valence-electron chi connectivity index (χ0n) is 10.3. The lowest BCUT2D eigenvalue weighted by atomic mass is 10.0. The molecule has 1 atom stereocenters. The first-order chi connectivity index (χ1) is 7.02. The maximum absolute atomic E-state index is 4.38. The van der Waals surface area contributed by atoms with Crippen molar-refractivity contribution in [3.63, 3.8) is 0 Å². The minimum absolute atomic E-state index is 0.485. The first-order valence-electron chi connectivity index (χ1n) is 5.61. The van der Waals surface area contributed by atoms with E-state index < -0.39 is 0 Å². The monoisotopic (exact) mass is 207 g/mol. The number of anilines is 1. The molecule has 0 radical (unpaired) electrons. The largest absolute Gasteiger partial charge is 0.367 e. The predicted octanol–water partition coefficient (Wildman–Crippen LogP) is 2.94. The van der Waals surface area contributed by atoms with Crippen molar-refractivity contribution in [3.05, 3.63) is 17.6 Å². The Morgan fingerprint density at radius 3 is 2.40 bits per heavy atom. The molecule has 0 aliphatic rings. The number of hydrogen-bond donors (Lipinski definition) is 1. The van der Waals surface area contributed by atoms with Gasteiger partial charge in [0.25, 0.3) is 0 Å². The van der Waals surface area contributed by atoms with Gasteiger partial charge in [-0.05, 0) is 26.2 Å². The van der Waals surface area contributed by atoms with Crippen molar-refractivity contribution in [1.29, 1.82) is 0 Å². The molecule has 1 N–H and O–H groups in total. The molecule has 1 heterocycles. The van der Waals surface area contributed by atoms with Gasteiger partial charge < -0.3 is 5.32 Å². The molecule has 84 valence electrons. The Hall–Kier alpha value is -1.12. The van der Waals surface area contributed by atoms with Crippen LogP contribution >= 0.6 is 0 Å². The van der Waals surface area contributed by atoms with Crippen LogP contribution in [0.2, 0.25) is 0 Å². The van der Waals surface area contributed by atoms with Crippen LogP contribution in [0.25, 0.3) is 0 Å². The molecule has 0 aromatic carbocycles. The molecule has 1 unspecified atom stereocenters. The highest BCUT2D eigenvalue weighted by molar-refractivity contribution is 5.36. The molecular formula is C12H21N3. The number of rotatable bonds is 4. The number of aryl methyl sites for hydroxylation is 2. The Kier molecular flexibility index (Phi) is 4.06. The van der Waals surface area contributed by atoms with E-state index in [4.69, 9.17) is 0 Å². The fraction of sp³-hybridized carbons (Fsp3) is 0.667. The molecule has 0 saturated carbocycles. The second-order valence-corrected chi connectivity index (χ2v) is 4.34. The van der Waals surface area contributed by atoms with Gasteiger partial charge in [0.1, 0.15) is 11.6 Å². The van der Waals surface area contributed by atoms with Crippen LogP contribution in [-0.4, -0.2) is 16.0 Å². The molecule has 0 aliphatic heterocycles. The summed E-state index contributed by atoms with van der Waals surface area (Å²) in [5.41, 5.74) is 1.02. The second-order valence-electron chi connectivity index (χ2n) is 4.34. The van der Waals surface area contributed by atoms with Crippen LogP contribution < -0.4 is 5.32 Å². The van der Waals surface area contributed by atoms with E-state index in [1.807, 2.05) is 19.9 Å². The van der Waals surface area contributed by atoms with E-state index in [-0.39, 0.29) is 0 Å². The fourth-order valence-corrected chi connectivity index (χ4v) is 1.72. The minimum Gasteiger partial charge on any atom is -0.367 e. The third-order valence-electron chi connectivity index (χ3n) is 2.54. The van der Waals surface area contributed by atoms with Gasteiger partial charge in [-0.1, -0.05) is 20.8 Å². The molecule has 3 nitrogen and oxygen atoms in total. The quantitative estimate of drug-likeness (QED) is 0.825. The molecule has 0 spiro atoms. The summed E-state index contributed by atoms with van der Waals surface area (Å²) >= 11 is 0. The van der Waals surface area contributed by atoms with Crippen molar-refractivity contribution in [2.24, 2.45) is 5.92 Å². The Balaban J connectivity index is 2.79. The molecule has 1 aromatic heterocycles. The zero-order chi connectivity index (χ0) is 11.4. The molecule has 0 saturated heterocycles. The van der Waals surface area contributed by atoms with Crippen LogP contribution in [0, 0.1) is 19.8 Å². The fourth-order valence-electron chi connectivity index (χ4n) is 1.72. The van der Waals surface area contributed by atoms with Crippen LogP contribution in [0.15, 0.2) is 6.07 Å². The van der Waals surface area contributed by atoms with Crippen molar-refractivity contribution < 1.29 is 0 Å². The normalized spacial score (nSPS) is 12.9. The lowest BCUT2D eigenvalue weighted by Gasteiger charge is -2.21. The number of aromatic nitrogens is 2. The Morgan fingerprint density at radius 2 is 1.93 bits per heavy atom. The lowest BCUT2D eigenvalue weighted by molar-refractivity contribution is 0.509. The smallest absolute Gasteiger partial charge is 0.130 e. The molecule has 0 fully saturated rings. The van der Waals surface area contributed by atoms with Gasteiger partial charge in [-0.2, -0.15) is 0 Å². The van der Waals surface area contributed by atoms with Gasteiger partial charge >= 0.3 is 0 Å². The van der Waals surface area contributed by atoms with Crippen molar-refractivity contribution >= 4 is 5.82 Å². The summed E-state index contributed by atoms with van der Waals surface area (Å²) in [5.74, 6) is 2.39. The molecule has 15 heavy (non-hydrogen) atoms. The first-order valence-corrected chi connectivity index (χ1v) is 5.61. The topological polar surface area (TPSA) is 37.8 Å². The summed E-state index contributed by atoms with van der Waals surface area (Å²) in [6, 6.07) is 2.48. The third-order valence-corrected chi connectivity index (χ3v) is 2.54. The van der Waals surface area contributed by atoms with E-state index in [0.717, 1.165) is 23.8 Å². The lowest BCUT2D eigenvalue weighted by Crippen LogP contribution is -2.25. The Labute approximate surface area is 92.3 Å². The molecule has 0 aliphatic carbocycles. The number of hydrogen-bond acceptors (Lipinski definition) is 3. The Bertz CT molecular complexity index is 300. The standard InChI is InChI=1S/C12H21N3/c1-6-11(8(2)3)15-12-7-9(4)13-10(5)14-12/h7-8,11H,6H2,1-5H3,(H,13,14,15). The second kappa shape index (κ2) is 5.10. The van der Waals surface area contributed by atoms with Gasteiger partial charge in [0, 0.05) is 17.8 Å². The molecule has 1 rings (SSSR count). The SMILES string of the molecule is CCC(Nc1cc(C)nc(C)n1)C(C)C. The highest BCUT2D eigenvalue weighted by atomic mass is 15.0. The summed E-state index contributed by atoms with van der Waals surface area (Å²) in [7, 11) is 0. The van der Waals surface area contributed by atoms with Gasteiger partial charge in [-0.25, -0.2) is 9.97 Å². The summed E-state index contributed by atoms with van der Waals surface area (Å²) in [6.45, 7) is 10.6. The first kappa shape index (κ1) is 12.0. The minimum atomic E-state index is 0.485. The summed E-state index contributed by atoms with van der Waals surface area (Å²) in [5, 5.41) is 3.46. The average molecular weight is 207 g/mol. The third kappa shape index (κ3) is 3.50. The molecule has 0 bridgehead atoms. The summed E-state index contributed by atoms with van der Waals surface area (Å²) in [4.78, 5) is 8.64.